The molecule has 4 aromatic rings. The van der Waals surface area contributed by atoms with Crippen LogP contribution in [0.15, 0.2) is 42.6 Å². The van der Waals surface area contributed by atoms with Gasteiger partial charge in [-0.1, -0.05) is 6.92 Å². The van der Waals surface area contributed by atoms with E-state index in [9.17, 15) is 13.2 Å². The minimum Gasteiger partial charge on any atom is -0.342 e. The lowest BCUT2D eigenvalue weighted by Gasteiger charge is -2.32. The molecule has 0 amide bonds. The Morgan fingerprint density at radius 2 is 1.80 bits per heavy atom. The first-order valence-electron chi connectivity index (χ1n) is 10.4. The van der Waals surface area contributed by atoms with Crippen LogP contribution in [0.2, 0.25) is 0 Å². The van der Waals surface area contributed by atoms with Crippen molar-refractivity contribution in [1.82, 2.24) is 15.0 Å². The van der Waals surface area contributed by atoms with E-state index in [4.69, 9.17) is 0 Å². The number of aromatic nitrogens is 3. The molecule has 6 heteroatoms. The van der Waals surface area contributed by atoms with Gasteiger partial charge in [-0.3, -0.25) is 4.98 Å². The van der Waals surface area contributed by atoms with Crippen LogP contribution in [0.3, 0.4) is 0 Å². The summed E-state index contributed by atoms with van der Waals surface area (Å²) in [7, 11) is 0. The molecule has 0 spiro atoms. The molecule has 1 atom stereocenters. The van der Waals surface area contributed by atoms with Crippen molar-refractivity contribution >= 4 is 21.9 Å². The molecule has 2 aromatic heterocycles. The van der Waals surface area contributed by atoms with Gasteiger partial charge in [0.05, 0.1) is 11.0 Å². The van der Waals surface area contributed by atoms with E-state index in [1.165, 1.54) is 12.1 Å². The Kier molecular flexibility index (Phi) is 4.72. The molecule has 0 unspecified atom stereocenters. The molecule has 0 bridgehead atoms. The Bertz CT molecular complexity index is 1230. The van der Waals surface area contributed by atoms with Crippen molar-refractivity contribution in [3.63, 3.8) is 0 Å². The highest BCUT2D eigenvalue weighted by molar-refractivity contribution is 5.82. The summed E-state index contributed by atoms with van der Waals surface area (Å²) in [6.07, 6.45) is 5.78. The molecule has 1 saturated carbocycles. The van der Waals surface area contributed by atoms with Gasteiger partial charge in [0.25, 0.3) is 0 Å². The van der Waals surface area contributed by atoms with Crippen LogP contribution >= 0.6 is 0 Å². The van der Waals surface area contributed by atoms with Gasteiger partial charge in [0, 0.05) is 17.5 Å². The van der Waals surface area contributed by atoms with E-state index in [0.717, 1.165) is 48.2 Å². The number of halogens is 3. The van der Waals surface area contributed by atoms with E-state index in [-0.39, 0.29) is 17.3 Å². The molecular formula is C24H22F3N3. The zero-order chi connectivity index (χ0) is 20.8. The van der Waals surface area contributed by atoms with Crippen LogP contribution in [-0.2, 0) is 0 Å². The average Bonchev–Trinajstić information content (AvgIpc) is 3.21. The van der Waals surface area contributed by atoms with Crippen molar-refractivity contribution in [2.24, 2.45) is 5.92 Å². The molecule has 0 radical (unpaired) electrons. The second-order valence-corrected chi connectivity index (χ2v) is 8.34. The maximum atomic E-state index is 14.0. The zero-order valence-corrected chi connectivity index (χ0v) is 16.6. The number of rotatable bonds is 3. The first-order chi connectivity index (χ1) is 14.5. The lowest BCUT2D eigenvalue weighted by atomic mass is 9.73. The SMILES string of the molecule is C[C@H](c1nc2c(F)c(F)ccc2[nH]1)C1CCC(c2ccnc3ccc(F)cc23)CC1. The minimum absolute atomic E-state index is 0.0656. The van der Waals surface area contributed by atoms with Crippen molar-refractivity contribution in [3.8, 4) is 0 Å². The van der Waals surface area contributed by atoms with E-state index in [1.807, 2.05) is 6.07 Å². The maximum Gasteiger partial charge on any atom is 0.186 e. The molecule has 1 aliphatic rings. The molecule has 1 N–H and O–H groups in total. The normalized spacial score (nSPS) is 20.7. The monoisotopic (exact) mass is 409 g/mol. The molecule has 5 rings (SSSR count). The van der Waals surface area contributed by atoms with Crippen LogP contribution in [0.4, 0.5) is 13.2 Å². The third-order valence-corrected chi connectivity index (χ3v) is 6.65. The third kappa shape index (κ3) is 3.24. The van der Waals surface area contributed by atoms with Crippen LogP contribution in [0.25, 0.3) is 21.9 Å². The van der Waals surface area contributed by atoms with Crippen molar-refractivity contribution in [2.75, 3.05) is 0 Å². The van der Waals surface area contributed by atoms with Crippen LogP contribution < -0.4 is 0 Å². The smallest absolute Gasteiger partial charge is 0.186 e. The number of fused-ring (bicyclic) bond motifs is 2. The van der Waals surface area contributed by atoms with Gasteiger partial charge >= 0.3 is 0 Å². The summed E-state index contributed by atoms with van der Waals surface area (Å²) in [5.41, 5.74) is 2.57. The minimum atomic E-state index is -0.900. The fourth-order valence-electron chi connectivity index (χ4n) is 4.90. The fourth-order valence-corrected chi connectivity index (χ4v) is 4.90. The first kappa shape index (κ1) is 19.1. The number of hydrogen-bond donors (Lipinski definition) is 1. The van der Waals surface area contributed by atoms with Crippen molar-refractivity contribution in [1.29, 1.82) is 0 Å². The summed E-state index contributed by atoms with van der Waals surface area (Å²) in [4.78, 5) is 11.9. The molecule has 1 aliphatic carbocycles. The van der Waals surface area contributed by atoms with Gasteiger partial charge in [-0.05, 0) is 79.5 Å². The van der Waals surface area contributed by atoms with E-state index < -0.39 is 11.6 Å². The van der Waals surface area contributed by atoms with E-state index in [1.54, 1.807) is 18.3 Å². The molecule has 30 heavy (non-hydrogen) atoms. The highest BCUT2D eigenvalue weighted by atomic mass is 19.2. The van der Waals surface area contributed by atoms with Crippen molar-refractivity contribution in [3.05, 3.63) is 71.4 Å². The van der Waals surface area contributed by atoms with Crippen LogP contribution in [0, 0.1) is 23.4 Å². The van der Waals surface area contributed by atoms with Gasteiger partial charge in [-0.2, -0.15) is 0 Å². The van der Waals surface area contributed by atoms with Gasteiger partial charge in [0.15, 0.2) is 11.6 Å². The summed E-state index contributed by atoms with van der Waals surface area (Å²) in [5, 5.41) is 0.892. The van der Waals surface area contributed by atoms with Crippen LogP contribution in [0.5, 0.6) is 0 Å². The lowest BCUT2D eigenvalue weighted by Crippen LogP contribution is -2.19. The summed E-state index contributed by atoms with van der Waals surface area (Å²) in [6, 6.07) is 9.41. The predicted octanol–water partition coefficient (Wildman–Crippen LogP) is 6.61. The highest BCUT2D eigenvalue weighted by Gasteiger charge is 2.29. The Balaban J connectivity index is 1.35. The van der Waals surface area contributed by atoms with Gasteiger partial charge in [0.1, 0.15) is 17.2 Å². The Labute approximate surface area is 172 Å². The van der Waals surface area contributed by atoms with Crippen LogP contribution in [-0.4, -0.2) is 15.0 Å². The largest absolute Gasteiger partial charge is 0.342 e. The van der Waals surface area contributed by atoms with E-state index in [2.05, 4.69) is 21.9 Å². The third-order valence-electron chi connectivity index (χ3n) is 6.65. The number of aromatic amines is 1. The molecule has 1 fully saturated rings. The lowest BCUT2D eigenvalue weighted by molar-refractivity contribution is 0.286. The number of nitrogens with one attached hydrogen (secondary N) is 1. The average molecular weight is 409 g/mol. The van der Waals surface area contributed by atoms with Crippen molar-refractivity contribution < 1.29 is 13.2 Å². The Morgan fingerprint density at radius 3 is 2.60 bits per heavy atom. The molecule has 3 nitrogen and oxygen atoms in total. The first-order valence-corrected chi connectivity index (χ1v) is 10.4. The topological polar surface area (TPSA) is 41.6 Å². The molecular weight excluding hydrogens is 387 g/mol. The summed E-state index contributed by atoms with van der Waals surface area (Å²) in [6.45, 7) is 2.09. The summed E-state index contributed by atoms with van der Waals surface area (Å²) in [5.74, 6) is -0.436. The Morgan fingerprint density at radius 1 is 1.00 bits per heavy atom. The summed E-state index contributed by atoms with van der Waals surface area (Å²) >= 11 is 0. The Hall–Kier alpha value is -2.89. The van der Waals surface area contributed by atoms with Gasteiger partial charge < -0.3 is 4.98 Å². The molecule has 0 aliphatic heterocycles. The second kappa shape index (κ2) is 7.42. The molecule has 0 saturated heterocycles. The standard InChI is InChI=1S/C24H22F3N3/c1-13(24-29-21-9-7-19(26)22(27)23(21)30-24)14-2-4-15(5-3-14)17-10-11-28-20-8-6-16(25)12-18(17)20/h6-15H,2-5H2,1H3,(H,29,30)/t13-,14?,15?/m0/s1. The number of pyridine rings is 1. The quantitative estimate of drug-likeness (QED) is 0.414. The maximum absolute atomic E-state index is 14.0. The van der Waals surface area contributed by atoms with Crippen molar-refractivity contribution in [2.45, 2.75) is 44.4 Å². The van der Waals surface area contributed by atoms with E-state index >= 15 is 0 Å². The fraction of sp³-hybridized carbons (Fsp3) is 0.333. The van der Waals surface area contributed by atoms with Gasteiger partial charge in [-0.25, -0.2) is 18.2 Å². The van der Waals surface area contributed by atoms with E-state index in [0.29, 0.717) is 23.2 Å². The van der Waals surface area contributed by atoms with Gasteiger partial charge in [0.2, 0.25) is 0 Å². The number of hydrogen-bond acceptors (Lipinski definition) is 2. The number of H-pyrrole nitrogens is 1. The number of imidazole rings is 1. The van der Waals surface area contributed by atoms with Gasteiger partial charge in [-0.15, -0.1) is 0 Å². The predicted molar refractivity (Wildman–Crippen MR) is 111 cm³/mol. The molecule has 2 aromatic carbocycles. The second-order valence-electron chi connectivity index (χ2n) is 8.34. The summed E-state index contributed by atoms with van der Waals surface area (Å²) < 4.78 is 41.3. The molecule has 154 valence electrons. The highest BCUT2D eigenvalue weighted by Crippen LogP contribution is 2.43. The molecule has 2 heterocycles. The number of benzene rings is 2. The van der Waals surface area contributed by atoms with Crippen LogP contribution in [0.1, 0.15) is 55.8 Å². The zero-order valence-electron chi connectivity index (χ0n) is 16.6. The number of nitrogens with zero attached hydrogens (tertiary/aromatic N) is 2.